The molecule has 0 bridgehead atoms. The van der Waals surface area contributed by atoms with E-state index in [1.165, 1.54) is 24.1 Å². The van der Waals surface area contributed by atoms with Crippen molar-refractivity contribution in [3.05, 3.63) is 65.5 Å². The number of nitrogens with zero attached hydrogens (tertiary/aromatic N) is 2. The number of halogens is 1. The van der Waals surface area contributed by atoms with Crippen molar-refractivity contribution in [2.75, 3.05) is 18.6 Å². The van der Waals surface area contributed by atoms with E-state index in [9.17, 15) is 18.8 Å². The summed E-state index contributed by atoms with van der Waals surface area (Å²) in [5, 5.41) is 0. The summed E-state index contributed by atoms with van der Waals surface area (Å²) >= 11 is 0. The number of para-hydroxylation sites is 1. The van der Waals surface area contributed by atoms with E-state index in [0.717, 1.165) is 11.0 Å². The molecule has 0 radical (unpaired) electrons. The molecule has 3 amide bonds. The maximum atomic E-state index is 14.2. The first-order chi connectivity index (χ1) is 12.0. The molecule has 0 atom stereocenters. The highest BCUT2D eigenvalue weighted by Crippen LogP contribution is 2.23. The van der Waals surface area contributed by atoms with Crippen LogP contribution in [-0.2, 0) is 16.1 Å². The predicted molar refractivity (Wildman–Crippen MR) is 87.5 cm³/mol. The predicted octanol–water partition coefficient (Wildman–Crippen LogP) is 2.58. The second kappa shape index (κ2) is 6.72. The van der Waals surface area contributed by atoms with Crippen LogP contribution in [0.2, 0.25) is 0 Å². The van der Waals surface area contributed by atoms with Crippen molar-refractivity contribution in [2.45, 2.75) is 6.54 Å². The molecular formula is C18H15FN2O4. The third-order valence-corrected chi connectivity index (χ3v) is 3.93. The van der Waals surface area contributed by atoms with E-state index in [-0.39, 0.29) is 24.2 Å². The highest BCUT2D eigenvalue weighted by Gasteiger charge is 2.37. The number of amides is 3. The van der Waals surface area contributed by atoms with Gasteiger partial charge in [0.2, 0.25) is 0 Å². The third kappa shape index (κ3) is 3.21. The van der Waals surface area contributed by atoms with Gasteiger partial charge >= 0.3 is 12.0 Å². The lowest BCUT2D eigenvalue weighted by Crippen LogP contribution is -2.32. The molecule has 0 saturated carbocycles. The van der Waals surface area contributed by atoms with Gasteiger partial charge in [-0.3, -0.25) is 14.6 Å². The molecule has 1 aliphatic rings. The van der Waals surface area contributed by atoms with Gasteiger partial charge < -0.3 is 4.74 Å². The first-order valence-corrected chi connectivity index (χ1v) is 7.55. The minimum absolute atomic E-state index is 0.0636. The van der Waals surface area contributed by atoms with E-state index in [0.29, 0.717) is 5.69 Å². The number of urea groups is 1. The monoisotopic (exact) mass is 342 g/mol. The Morgan fingerprint density at radius 1 is 1.16 bits per heavy atom. The number of methoxy groups -OCH3 is 1. The smallest absolute Gasteiger partial charge is 0.337 e. The lowest BCUT2D eigenvalue weighted by Gasteiger charge is -2.17. The third-order valence-electron chi connectivity index (χ3n) is 3.93. The Morgan fingerprint density at radius 3 is 2.52 bits per heavy atom. The quantitative estimate of drug-likeness (QED) is 0.633. The molecule has 7 heteroatoms. The Balaban J connectivity index is 1.80. The minimum atomic E-state index is -0.679. The summed E-state index contributed by atoms with van der Waals surface area (Å²) in [4.78, 5) is 38.4. The second-order valence-electron chi connectivity index (χ2n) is 5.48. The maximum absolute atomic E-state index is 14.2. The number of hydrogen-bond acceptors (Lipinski definition) is 4. The van der Waals surface area contributed by atoms with Crippen molar-refractivity contribution in [3.63, 3.8) is 0 Å². The van der Waals surface area contributed by atoms with Gasteiger partial charge in [-0.15, -0.1) is 0 Å². The van der Waals surface area contributed by atoms with Gasteiger partial charge in [-0.1, -0.05) is 24.3 Å². The largest absolute Gasteiger partial charge is 0.465 e. The number of esters is 1. The van der Waals surface area contributed by atoms with Crippen LogP contribution >= 0.6 is 0 Å². The van der Waals surface area contributed by atoms with Crippen molar-refractivity contribution < 1.29 is 23.5 Å². The number of imide groups is 1. The van der Waals surface area contributed by atoms with Gasteiger partial charge in [0.05, 0.1) is 19.2 Å². The van der Waals surface area contributed by atoms with Gasteiger partial charge in [0.25, 0.3) is 5.91 Å². The number of rotatable bonds is 4. The van der Waals surface area contributed by atoms with Crippen LogP contribution in [0.25, 0.3) is 0 Å². The summed E-state index contributed by atoms with van der Waals surface area (Å²) in [5.74, 6) is -1.75. The summed E-state index contributed by atoms with van der Waals surface area (Å²) < 4.78 is 18.7. The van der Waals surface area contributed by atoms with Crippen LogP contribution in [0.1, 0.15) is 15.9 Å². The number of carbonyl (C=O) groups excluding carboxylic acids is 3. The average Bonchev–Trinajstić information content (AvgIpc) is 2.91. The normalized spacial score (nSPS) is 14.2. The Morgan fingerprint density at radius 2 is 1.88 bits per heavy atom. The Hall–Kier alpha value is -3.22. The molecule has 1 aliphatic heterocycles. The topological polar surface area (TPSA) is 66.9 Å². The van der Waals surface area contributed by atoms with Crippen LogP contribution in [0.15, 0.2) is 48.5 Å². The lowest BCUT2D eigenvalue weighted by atomic mass is 10.1. The number of benzene rings is 2. The number of ether oxygens (including phenoxy) is 1. The highest BCUT2D eigenvalue weighted by molar-refractivity contribution is 6.12. The molecule has 2 aromatic rings. The fourth-order valence-corrected chi connectivity index (χ4v) is 2.60. The molecule has 1 saturated heterocycles. The van der Waals surface area contributed by atoms with E-state index >= 15 is 0 Å². The van der Waals surface area contributed by atoms with E-state index < -0.39 is 23.7 Å². The number of anilines is 1. The van der Waals surface area contributed by atoms with Crippen LogP contribution in [0.3, 0.4) is 0 Å². The molecule has 0 unspecified atom stereocenters. The summed E-state index contributed by atoms with van der Waals surface area (Å²) in [6, 6.07) is 12.1. The van der Waals surface area contributed by atoms with E-state index in [4.69, 9.17) is 0 Å². The van der Waals surface area contributed by atoms with Crippen molar-refractivity contribution in [1.29, 1.82) is 0 Å². The minimum Gasteiger partial charge on any atom is -0.465 e. The Kier molecular flexibility index (Phi) is 4.47. The zero-order valence-electron chi connectivity index (χ0n) is 13.4. The summed E-state index contributed by atoms with van der Waals surface area (Å²) in [6.07, 6.45) is 0. The molecular weight excluding hydrogens is 327 g/mol. The van der Waals surface area contributed by atoms with Gasteiger partial charge in [-0.25, -0.2) is 14.0 Å². The van der Waals surface area contributed by atoms with Crippen molar-refractivity contribution in [1.82, 2.24) is 4.90 Å². The van der Waals surface area contributed by atoms with E-state index in [1.807, 2.05) is 6.07 Å². The van der Waals surface area contributed by atoms with Gasteiger partial charge in [-0.05, 0) is 24.3 Å². The van der Waals surface area contributed by atoms with E-state index in [1.54, 1.807) is 24.3 Å². The van der Waals surface area contributed by atoms with Gasteiger partial charge in [-0.2, -0.15) is 0 Å². The molecule has 0 spiro atoms. The van der Waals surface area contributed by atoms with Crippen molar-refractivity contribution in [2.24, 2.45) is 0 Å². The second-order valence-corrected chi connectivity index (χ2v) is 5.48. The molecule has 0 aromatic heterocycles. The van der Waals surface area contributed by atoms with Crippen molar-refractivity contribution in [3.8, 4) is 0 Å². The maximum Gasteiger partial charge on any atom is 0.337 e. The van der Waals surface area contributed by atoms with Crippen LogP contribution in [0, 0.1) is 5.82 Å². The molecule has 2 aromatic carbocycles. The highest BCUT2D eigenvalue weighted by atomic mass is 19.1. The fraction of sp³-hybridized carbons (Fsp3) is 0.167. The summed E-state index contributed by atoms with van der Waals surface area (Å²) in [5.41, 5.74) is 0.808. The molecule has 6 nitrogen and oxygen atoms in total. The Labute approximate surface area is 143 Å². The molecule has 0 N–H and O–H groups in total. The number of carbonyl (C=O) groups is 3. The molecule has 1 fully saturated rings. The first-order valence-electron chi connectivity index (χ1n) is 7.55. The summed E-state index contributed by atoms with van der Waals surface area (Å²) in [6.45, 7) is -0.293. The number of hydrogen-bond donors (Lipinski definition) is 0. The molecule has 1 heterocycles. The van der Waals surface area contributed by atoms with Crippen LogP contribution in [0.5, 0.6) is 0 Å². The average molecular weight is 342 g/mol. The van der Waals surface area contributed by atoms with Crippen LogP contribution < -0.4 is 4.90 Å². The van der Waals surface area contributed by atoms with Crippen molar-refractivity contribution >= 4 is 23.6 Å². The molecule has 25 heavy (non-hydrogen) atoms. The zero-order valence-corrected chi connectivity index (χ0v) is 13.4. The van der Waals surface area contributed by atoms with Crippen LogP contribution in [0.4, 0.5) is 14.9 Å². The van der Waals surface area contributed by atoms with Crippen LogP contribution in [-0.4, -0.2) is 36.5 Å². The Bertz CT molecular complexity index is 838. The first kappa shape index (κ1) is 16.6. The van der Waals surface area contributed by atoms with E-state index in [2.05, 4.69) is 4.74 Å². The lowest BCUT2D eigenvalue weighted by molar-refractivity contribution is -0.125. The SMILES string of the molecule is COC(=O)c1ccc(CN2C(=O)CN(c3ccccc3)C2=O)c(F)c1. The van der Waals surface area contributed by atoms with Gasteiger partial charge in [0.1, 0.15) is 12.4 Å². The van der Waals surface area contributed by atoms with Gasteiger partial charge in [0, 0.05) is 11.3 Å². The standard InChI is InChI=1S/C18H15FN2O4/c1-25-17(23)12-7-8-13(15(19)9-12)10-21-16(22)11-20(18(21)24)14-5-3-2-4-6-14/h2-9H,10-11H2,1H3. The molecule has 3 rings (SSSR count). The fourth-order valence-electron chi connectivity index (χ4n) is 2.60. The molecule has 0 aliphatic carbocycles. The molecule has 128 valence electrons. The summed E-state index contributed by atoms with van der Waals surface area (Å²) in [7, 11) is 1.20. The zero-order chi connectivity index (χ0) is 18.0. The van der Waals surface area contributed by atoms with Gasteiger partial charge in [0.15, 0.2) is 0 Å².